The van der Waals surface area contributed by atoms with Crippen molar-refractivity contribution >= 4 is 28.4 Å². The SMILES string of the molecule is CN(C)C(=O)Cc1cccc(NC(=O)N[C@@H]2CCN(Cc3ccc4cc(F)ccc4c3)C2)c1. The highest BCUT2D eigenvalue weighted by Crippen LogP contribution is 2.20. The number of carbonyl (C=O) groups is 2. The molecule has 3 aromatic carbocycles. The van der Waals surface area contributed by atoms with Crippen molar-refractivity contribution in [2.45, 2.75) is 25.4 Å². The molecule has 1 saturated heterocycles. The molecule has 0 saturated carbocycles. The normalized spacial score (nSPS) is 16.0. The van der Waals surface area contributed by atoms with E-state index in [1.54, 1.807) is 31.1 Å². The van der Waals surface area contributed by atoms with Crippen molar-refractivity contribution in [1.29, 1.82) is 0 Å². The Balaban J connectivity index is 1.28. The first kappa shape index (κ1) is 22.7. The van der Waals surface area contributed by atoms with Crippen molar-refractivity contribution < 1.29 is 14.0 Å². The van der Waals surface area contributed by atoms with E-state index < -0.39 is 0 Å². The van der Waals surface area contributed by atoms with Crippen molar-refractivity contribution in [3.63, 3.8) is 0 Å². The summed E-state index contributed by atoms with van der Waals surface area (Å²) in [6, 6.07) is 18.1. The standard InChI is InChI=1S/C26H29FN4O2/c1-30(2)25(32)14-18-4-3-5-23(13-18)28-26(33)29-24-10-11-31(17-24)16-19-6-7-21-15-22(27)9-8-20(21)12-19/h3-9,12-13,15,24H,10-11,14,16-17H2,1-2H3,(H2,28,29,33)/t24-/m1/s1. The Bertz CT molecular complexity index is 1160. The molecular formula is C26H29FN4O2. The van der Waals surface area contributed by atoms with Gasteiger partial charge in [-0.2, -0.15) is 0 Å². The van der Waals surface area contributed by atoms with E-state index in [9.17, 15) is 14.0 Å². The fourth-order valence-corrected chi connectivity index (χ4v) is 4.16. The number of nitrogens with zero attached hydrogens (tertiary/aromatic N) is 2. The monoisotopic (exact) mass is 448 g/mol. The van der Waals surface area contributed by atoms with Crippen molar-refractivity contribution in [2.24, 2.45) is 0 Å². The highest BCUT2D eigenvalue weighted by molar-refractivity contribution is 5.90. The van der Waals surface area contributed by atoms with Crippen LogP contribution >= 0.6 is 0 Å². The Morgan fingerprint density at radius 2 is 1.82 bits per heavy atom. The minimum atomic E-state index is -0.245. The molecule has 1 atom stereocenters. The summed E-state index contributed by atoms with van der Waals surface area (Å²) in [6.45, 7) is 2.45. The first-order valence-corrected chi connectivity index (χ1v) is 11.1. The molecular weight excluding hydrogens is 419 g/mol. The average molecular weight is 449 g/mol. The van der Waals surface area contributed by atoms with E-state index in [4.69, 9.17) is 0 Å². The largest absolute Gasteiger partial charge is 0.349 e. The molecule has 2 N–H and O–H groups in total. The molecule has 6 nitrogen and oxygen atoms in total. The van der Waals surface area contributed by atoms with Crippen molar-refractivity contribution in [3.05, 3.63) is 77.6 Å². The zero-order chi connectivity index (χ0) is 23.4. The Morgan fingerprint density at radius 3 is 2.64 bits per heavy atom. The molecule has 3 aromatic rings. The van der Waals surface area contributed by atoms with Gasteiger partial charge in [0, 0.05) is 45.5 Å². The van der Waals surface area contributed by atoms with Crippen LogP contribution in [0.5, 0.6) is 0 Å². The van der Waals surface area contributed by atoms with Crippen LogP contribution in [0.2, 0.25) is 0 Å². The van der Waals surface area contributed by atoms with Gasteiger partial charge in [0.1, 0.15) is 5.82 Å². The molecule has 0 bridgehead atoms. The number of amides is 3. The maximum Gasteiger partial charge on any atom is 0.319 e. The quantitative estimate of drug-likeness (QED) is 0.599. The average Bonchev–Trinajstić information content (AvgIpc) is 3.20. The molecule has 1 aliphatic heterocycles. The number of likely N-dealkylation sites (tertiary alicyclic amines) is 1. The maximum absolute atomic E-state index is 13.4. The summed E-state index contributed by atoms with van der Waals surface area (Å²) in [5, 5.41) is 7.85. The van der Waals surface area contributed by atoms with Crippen LogP contribution in [0.1, 0.15) is 17.5 Å². The number of nitrogens with one attached hydrogen (secondary N) is 2. The predicted octanol–water partition coefficient (Wildman–Crippen LogP) is 4.01. The number of benzene rings is 3. The summed E-state index contributed by atoms with van der Waals surface area (Å²) in [4.78, 5) is 28.3. The summed E-state index contributed by atoms with van der Waals surface area (Å²) in [5.41, 5.74) is 2.69. The minimum absolute atomic E-state index is 0.0150. The van der Waals surface area contributed by atoms with Crippen LogP contribution in [0.3, 0.4) is 0 Å². The minimum Gasteiger partial charge on any atom is -0.349 e. The fourth-order valence-electron chi connectivity index (χ4n) is 4.16. The summed E-state index contributed by atoms with van der Waals surface area (Å²) in [5.74, 6) is -0.211. The number of anilines is 1. The molecule has 33 heavy (non-hydrogen) atoms. The second-order valence-corrected chi connectivity index (χ2v) is 8.81. The molecule has 1 fully saturated rings. The summed E-state index contributed by atoms with van der Waals surface area (Å²) < 4.78 is 13.4. The third-order valence-electron chi connectivity index (χ3n) is 5.92. The van der Waals surface area contributed by atoms with Crippen LogP contribution < -0.4 is 10.6 Å². The molecule has 4 rings (SSSR count). The van der Waals surface area contributed by atoms with E-state index in [1.807, 2.05) is 36.4 Å². The molecule has 1 heterocycles. The highest BCUT2D eigenvalue weighted by atomic mass is 19.1. The molecule has 0 radical (unpaired) electrons. The second-order valence-electron chi connectivity index (χ2n) is 8.81. The van der Waals surface area contributed by atoms with Gasteiger partial charge in [-0.05, 0) is 58.7 Å². The van der Waals surface area contributed by atoms with Gasteiger partial charge < -0.3 is 15.5 Å². The number of hydrogen-bond donors (Lipinski definition) is 2. The first-order valence-electron chi connectivity index (χ1n) is 11.1. The molecule has 7 heteroatoms. The number of urea groups is 1. The fraction of sp³-hybridized carbons (Fsp3) is 0.308. The third-order valence-corrected chi connectivity index (χ3v) is 5.92. The summed E-state index contributed by atoms with van der Waals surface area (Å²) in [7, 11) is 3.45. The Morgan fingerprint density at radius 1 is 1.03 bits per heavy atom. The Labute approximate surface area is 193 Å². The number of halogens is 1. The Kier molecular flexibility index (Phi) is 6.89. The number of carbonyl (C=O) groups excluding carboxylic acids is 2. The van der Waals surface area contributed by atoms with E-state index in [-0.39, 0.29) is 23.8 Å². The predicted molar refractivity (Wildman–Crippen MR) is 129 cm³/mol. The highest BCUT2D eigenvalue weighted by Gasteiger charge is 2.24. The van der Waals surface area contributed by atoms with Gasteiger partial charge in [-0.3, -0.25) is 9.69 Å². The zero-order valence-corrected chi connectivity index (χ0v) is 19.0. The first-order chi connectivity index (χ1) is 15.9. The van der Waals surface area contributed by atoms with Crippen LogP contribution in [0.15, 0.2) is 60.7 Å². The topological polar surface area (TPSA) is 64.7 Å². The lowest BCUT2D eigenvalue weighted by molar-refractivity contribution is -0.127. The van der Waals surface area contributed by atoms with Crippen LogP contribution in [0, 0.1) is 5.82 Å². The van der Waals surface area contributed by atoms with Crippen LogP contribution in [0.4, 0.5) is 14.9 Å². The summed E-state index contributed by atoms with van der Waals surface area (Å²) in [6.07, 6.45) is 1.18. The van der Waals surface area contributed by atoms with Crippen LogP contribution in [-0.4, -0.2) is 55.0 Å². The number of likely N-dealkylation sites (N-methyl/N-ethyl adjacent to an activating group) is 1. The number of fused-ring (bicyclic) bond motifs is 1. The van der Waals surface area contributed by atoms with Gasteiger partial charge in [-0.25, -0.2) is 9.18 Å². The van der Waals surface area contributed by atoms with Gasteiger partial charge in [0.25, 0.3) is 0 Å². The molecule has 172 valence electrons. The van der Waals surface area contributed by atoms with E-state index in [1.165, 1.54) is 11.6 Å². The summed E-state index contributed by atoms with van der Waals surface area (Å²) >= 11 is 0. The zero-order valence-electron chi connectivity index (χ0n) is 19.0. The molecule has 1 aliphatic rings. The van der Waals surface area contributed by atoms with Gasteiger partial charge in [0.2, 0.25) is 5.91 Å². The van der Waals surface area contributed by atoms with Crippen molar-refractivity contribution in [3.8, 4) is 0 Å². The van der Waals surface area contributed by atoms with Gasteiger partial charge in [0.05, 0.1) is 6.42 Å². The van der Waals surface area contributed by atoms with Crippen molar-refractivity contribution in [1.82, 2.24) is 15.1 Å². The van der Waals surface area contributed by atoms with Crippen LogP contribution in [0.25, 0.3) is 10.8 Å². The Hall–Kier alpha value is -3.45. The third kappa shape index (κ3) is 6.08. The van der Waals surface area contributed by atoms with E-state index >= 15 is 0 Å². The molecule has 0 unspecified atom stereocenters. The molecule has 0 aliphatic carbocycles. The van der Waals surface area contributed by atoms with Gasteiger partial charge in [-0.15, -0.1) is 0 Å². The lowest BCUT2D eigenvalue weighted by Crippen LogP contribution is -2.39. The molecule has 0 aromatic heterocycles. The van der Waals surface area contributed by atoms with Gasteiger partial charge in [0.15, 0.2) is 0 Å². The maximum atomic E-state index is 13.4. The van der Waals surface area contributed by atoms with Crippen molar-refractivity contribution in [2.75, 3.05) is 32.5 Å². The van der Waals surface area contributed by atoms with Crippen LogP contribution in [-0.2, 0) is 17.8 Å². The molecule has 0 spiro atoms. The number of hydrogen-bond acceptors (Lipinski definition) is 3. The van der Waals surface area contributed by atoms with E-state index in [2.05, 4.69) is 21.6 Å². The lowest BCUT2D eigenvalue weighted by atomic mass is 10.1. The second kappa shape index (κ2) is 10.0. The van der Waals surface area contributed by atoms with Gasteiger partial charge in [-0.1, -0.05) is 30.3 Å². The number of rotatable bonds is 6. The van der Waals surface area contributed by atoms with E-state index in [0.29, 0.717) is 12.1 Å². The smallest absolute Gasteiger partial charge is 0.319 e. The van der Waals surface area contributed by atoms with E-state index in [0.717, 1.165) is 42.4 Å². The van der Waals surface area contributed by atoms with Gasteiger partial charge >= 0.3 is 6.03 Å². The lowest BCUT2D eigenvalue weighted by Gasteiger charge is -2.17. The molecule has 3 amide bonds.